The number of H-pyrrole nitrogens is 1. The summed E-state index contributed by atoms with van der Waals surface area (Å²) < 4.78 is 0. The van der Waals surface area contributed by atoms with Crippen molar-refractivity contribution in [3.05, 3.63) is 18.1 Å². The molecule has 0 bridgehead atoms. The molecule has 4 atom stereocenters. The van der Waals surface area contributed by atoms with Gasteiger partial charge in [-0.1, -0.05) is 0 Å². The van der Waals surface area contributed by atoms with E-state index in [0.717, 1.165) is 0 Å². The lowest BCUT2D eigenvalue weighted by atomic mass is 10.0. The number of aromatic nitrogens is 3. The standard InChI is InChI=1S/C12H17N5O4/c1-21-17-12-9-7(14-4-15-12)5(2-13-9)8-11(20)10(19)6(3-18)16-8/h2,4,6,8,10-11,13,16,18-20H,3H2,1H3,(H,14,15,17). The summed E-state index contributed by atoms with van der Waals surface area (Å²) in [5.41, 5.74) is 4.56. The predicted molar refractivity (Wildman–Crippen MR) is 73.3 cm³/mol. The molecule has 1 fully saturated rings. The molecule has 9 heteroatoms. The van der Waals surface area contributed by atoms with Crippen LogP contribution in [0.5, 0.6) is 0 Å². The zero-order chi connectivity index (χ0) is 15.0. The molecule has 0 aliphatic carbocycles. The topological polar surface area (TPSA) is 136 Å². The highest BCUT2D eigenvalue weighted by Gasteiger charge is 2.42. The van der Waals surface area contributed by atoms with Crippen molar-refractivity contribution in [2.45, 2.75) is 24.3 Å². The number of rotatable bonds is 4. The molecule has 0 radical (unpaired) electrons. The van der Waals surface area contributed by atoms with Crippen LogP contribution in [0.3, 0.4) is 0 Å². The van der Waals surface area contributed by atoms with Crippen LogP contribution in [0.1, 0.15) is 11.6 Å². The average Bonchev–Trinajstić information content (AvgIpc) is 3.03. The third-order valence-corrected chi connectivity index (χ3v) is 3.72. The molecule has 3 rings (SSSR count). The smallest absolute Gasteiger partial charge is 0.177 e. The van der Waals surface area contributed by atoms with Crippen LogP contribution in [0, 0.1) is 0 Å². The van der Waals surface area contributed by atoms with Gasteiger partial charge in [0.15, 0.2) is 5.82 Å². The molecule has 6 N–H and O–H groups in total. The molecule has 0 amide bonds. The van der Waals surface area contributed by atoms with E-state index in [1.807, 2.05) is 0 Å². The van der Waals surface area contributed by atoms with Crippen molar-refractivity contribution < 1.29 is 20.2 Å². The predicted octanol–water partition coefficient (Wildman–Crippen LogP) is -1.34. The number of hydrogen-bond acceptors (Lipinski definition) is 8. The first-order valence-corrected chi connectivity index (χ1v) is 6.51. The van der Waals surface area contributed by atoms with Crippen LogP contribution in [0.4, 0.5) is 5.82 Å². The Hall–Kier alpha value is -1.78. The number of aromatic amines is 1. The lowest BCUT2D eigenvalue weighted by molar-refractivity contribution is 0.0196. The van der Waals surface area contributed by atoms with Gasteiger partial charge >= 0.3 is 0 Å². The Kier molecular flexibility index (Phi) is 3.74. The van der Waals surface area contributed by atoms with E-state index in [1.54, 1.807) is 6.20 Å². The molecular formula is C12H17N5O4. The summed E-state index contributed by atoms with van der Waals surface area (Å²) in [7, 11) is 1.47. The van der Waals surface area contributed by atoms with Crippen LogP contribution in [-0.2, 0) is 4.84 Å². The van der Waals surface area contributed by atoms with Gasteiger partial charge in [-0.3, -0.25) is 4.84 Å². The van der Waals surface area contributed by atoms with E-state index < -0.39 is 24.3 Å². The largest absolute Gasteiger partial charge is 0.395 e. The van der Waals surface area contributed by atoms with Crippen molar-refractivity contribution >= 4 is 16.9 Å². The second-order valence-electron chi connectivity index (χ2n) is 4.91. The minimum absolute atomic E-state index is 0.261. The molecule has 1 saturated heterocycles. The summed E-state index contributed by atoms with van der Waals surface area (Å²) >= 11 is 0. The highest BCUT2D eigenvalue weighted by atomic mass is 16.6. The van der Waals surface area contributed by atoms with Crippen LogP contribution in [-0.4, -0.2) is 62.2 Å². The Bertz CT molecular complexity index is 633. The summed E-state index contributed by atoms with van der Waals surface area (Å²) in [6.07, 6.45) is 0.994. The number of nitrogens with one attached hydrogen (secondary N) is 3. The molecule has 0 aromatic carbocycles. The fourth-order valence-corrected chi connectivity index (χ4v) is 2.67. The zero-order valence-corrected chi connectivity index (χ0v) is 11.3. The second kappa shape index (κ2) is 5.54. The maximum Gasteiger partial charge on any atom is 0.177 e. The van der Waals surface area contributed by atoms with Gasteiger partial charge in [-0.2, -0.15) is 0 Å². The lowest BCUT2D eigenvalue weighted by Crippen LogP contribution is -2.35. The molecule has 1 aliphatic heterocycles. The summed E-state index contributed by atoms with van der Waals surface area (Å²) in [5.74, 6) is 0.473. The molecule has 0 saturated carbocycles. The Morgan fingerprint density at radius 2 is 2.14 bits per heavy atom. The number of aliphatic hydroxyl groups excluding tert-OH is 3. The normalized spacial score (nSPS) is 29.1. The molecule has 9 nitrogen and oxygen atoms in total. The van der Waals surface area contributed by atoms with Crippen molar-refractivity contribution in [3.8, 4) is 0 Å². The van der Waals surface area contributed by atoms with Gasteiger partial charge in [0.25, 0.3) is 0 Å². The number of fused-ring (bicyclic) bond motifs is 1. The van der Waals surface area contributed by atoms with E-state index >= 15 is 0 Å². The number of nitrogens with zero attached hydrogens (tertiary/aromatic N) is 2. The van der Waals surface area contributed by atoms with Gasteiger partial charge in [0.2, 0.25) is 0 Å². The molecule has 4 unspecified atom stereocenters. The van der Waals surface area contributed by atoms with Crippen molar-refractivity contribution in [1.29, 1.82) is 0 Å². The van der Waals surface area contributed by atoms with Gasteiger partial charge in [0.1, 0.15) is 17.9 Å². The Balaban J connectivity index is 2.00. The molecule has 114 valence electrons. The summed E-state index contributed by atoms with van der Waals surface area (Å²) in [6, 6.07) is -1.11. The molecule has 21 heavy (non-hydrogen) atoms. The van der Waals surface area contributed by atoms with E-state index in [-0.39, 0.29) is 6.61 Å². The minimum Gasteiger partial charge on any atom is -0.395 e. The van der Waals surface area contributed by atoms with E-state index in [9.17, 15) is 15.3 Å². The molecule has 1 aliphatic rings. The fraction of sp³-hybridized carbons (Fsp3) is 0.500. The van der Waals surface area contributed by atoms with E-state index in [0.29, 0.717) is 22.4 Å². The zero-order valence-electron chi connectivity index (χ0n) is 11.3. The van der Waals surface area contributed by atoms with Gasteiger partial charge in [-0.25, -0.2) is 15.4 Å². The van der Waals surface area contributed by atoms with Crippen molar-refractivity contribution in [2.24, 2.45) is 0 Å². The quantitative estimate of drug-likeness (QED) is 0.381. The van der Waals surface area contributed by atoms with Gasteiger partial charge in [0.05, 0.1) is 37.4 Å². The SMILES string of the molecule is CONc1ncnc2c(C3NC(CO)C(O)C3O)c[nH]c12. The van der Waals surface area contributed by atoms with Crippen LogP contribution in [0.2, 0.25) is 0 Å². The molecular weight excluding hydrogens is 278 g/mol. The first kappa shape index (κ1) is 14.2. The molecule has 0 spiro atoms. The van der Waals surface area contributed by atoms with Gasteiger partial charge < -0.3 is 25.6 Å². The third-order valence-electron chi connectivity index (χ3n) is 3.72. The van der Waals surface area contributed by atoms with Gasteiger partial charge in [-0.15, -0.1) is 0 Å². The van der Waals surface area contributed by atoms with Crippen LogP contribution in [0.25, 0.3) is 11.0 Å². The van der Waals surface area contributed by atoms with Crippen molar-refractivity contribution in [1.82, 2.24) is 20.3 Å². The lowest BCUT2D eigenvalue weighted by Gasteiger charge is -2.14. The van der Waals surface area contributed by atoms with E-state index in [1.165, 1.54) is 13.4 Å². The number of hydrogen-bond donors (Lipinski definition) is 6. The van der Waals surface area contributed by atoms with Gasteiger partial charge in [-0.05, 0) is 0 Å². The minimum atomic E-state index is -1.04. The summed E-state index contributed by atoms with van der Waals surface area (Å²) in [5, 5.41) is 32.2. The van der Waals surface area contributed by atoms with Crippen LogP contribution >= 0.6 is 0 Å². The van der Waals surface area contributed by atoms with Crippen LogP contribution in [0.15, 0.2) is 12.5 Å². The third kappa shape index (κ3) is 2.24. The van der Waals surface area contributed by atoms with Gasteiger partial charge in [0, 0.05) is 11.8 Å². The Labute approximate surface area is 119 Å². The molecule has 2 aromatic heterocycles. The van der Waals surface area contributed by atoms with E-state index in [2.05, 4.69) is 25.7 Å². The second-order valence-corrected chi connectivity index (χ2v) is 4.91. The monoisotopic (exact) mass is 295 g/mol. The summed E-state index contributed by atoms with van der Waals surface area (Å²) in [6.45, 7) is -0.261. The first-order chi connectivity index (χ1) is 10.2. The first-order valence-electron chi connectivity index (χ1n) is 6.51. The summed E-state index contributed by atoms with van der Waals surface area (Å²) in [4.78, 5) is 16.1. The number of aliphatic hydroxyl groups is 3. The fourth-order valence-electron chi connectivity index (χ4n) is 2.67. The Morgan fingerprint density at radius 1 is 1.33 bits per heavy atom. The maximum atomic E-state index is 10.1. The molecule has 3 heterocycles. The Morgan fingerprint density at radius 3 is 2.81 bits per heavy atom. The molecule has 2 aromatic rings. The highest BCUT2D eigenvalue weighted by molar-refractivity contribution is 5.88. The number of anilines is 1. The average molecular weight is 295 g/mol. The highest BCUT2D eigenvalue weighted by Crippen LogP contribution is 2.32. The van der Waals surface area contributed by atoms with Crippen molar-refractivity contribution in [2.75, 3.05) is 19.2 Å². The van der Waals surface area contributed by atoms with Crippen molar-refractivity contribution in [3.63, 3.8) is 0 Å². The maximum absolute atomic E-state index is 10.1. The van der Waals surface area contributed by atoms with E-state index in [4.69, 9.17) is 4.84 Å². The van der Waals surface area contributed by atoms with Crippen LogP contribution < -0.4 is 10.8 Å².